The van der Waals surface area contributed by atoms with E-state index in [0.717, 1.165) is 5.56 Å². The largest absolute Gasteiger partial charge is 0.385 e. The second kappa shape index (κ2) is 3.24. The molecule has 1 N–H and O–H groups in total. The number of aliphatic hydroxyl groups is 1. The Balaban J connectivity index is 2.28. The molecule has 1 unspecified atom stereocenters. The quantitative estimate of drug-likeness (QED) is 0.830. The molecule has 1 atom stereocenters. The Bertz CT molecular complexity index is 298. The molecular weight excluding hydrogens is 275 g/mol. The van der Waals surface area contributed by atoms with Crippen LogP contribution in [0.4, 0.5) is 0 Å². The van der Waals surface area contributed by atoms with Crippen molar-refractivity contribution in [3.8, 4) is 0 Å². The van der Waals surface area contributed by atoms with Crippen LogP contribution in [0.2, 0.25) is 0 Å². The van der Waals surface area contributed by atoms with Crippen molar-refractivity contribution in [2.24, 2.45) is 5.92 Å². The Morgan fingerprint density at radius 3 is 2.31 bits per heavy atom. The summed E-state index contributed by atoms with van der Waals surface area (Å²) in [4.78, 5) is 0. The lowest BCUT2D eigenvalue weighted by Crippen LogP contribution is -2.23. The van der Waals surface area contributed by atoms with Crippen molar-refractivity contribution in [1.29, 1.82) is 0 Å². The highest BCUT2D eigenvalue weighted by Gasteiger charge is 2.40. The maximum atomic E-state index is 10.2. The molecule has 0 radical (unpaired) electrons. The van der Waals surface area contributed by atoms with E-state index in [9.17, 15) is 5.11 Å². The second-order valence-corrected chi connectivity index (χ2v) is 5.17. The van der Waals surface area contributed by atoms with Crippen LogP contribution >= 0.6 is 22.6 Å². The SMILES string of the molecule is CC(O)(c1ccc(I)cc1)C1CC1. The summed E-state index contributed by atoms with van der Waals surface area (Å²) in [6, 6.07) is 8.15. The molecule has 0 bridgehead atoms. The third-order valence-electron chi connectivity index (χ3n) is 2.80. The van der Waals surface area contributed by atoms with Crippen LogP contribution in [0.25, 0.3) is 0 Å². The highest BCUT2D eigenvalue weighted by Crippen LogP contribution is 2.45. The number of benzene rings is 1. The molecule has 13 heavy (non-hydrogen) atoms. The van der Waals surface area contributed by atoms with Crippen molar-refractivity contribution in [3.05, 3.63) is 33.4 Å². The van der Waals surface area contributed by atoms with E-state index in [-0.39, 0.29) is 0 Å². The first kappa shape index (κ1) is 9.46. The molecule has 1 nitrogen and oxygen atoms in total. The summed E-state index contributed by atoms with van der Waals surface area (Å²) in [5.74, 6) is 0.479. The van der Waals surface area contributed by atoms with E-state index in [1.807, 2.05) is 31.2 Å². The van der Waals surface area contributed by atoms with E-state index >= 15 is 0 Å². The lowest BCUT2D eigenvalue weighted by Gasteiger charge is -2.23. The molecule has 0 heterocycles. The fourth-order valence-corrected chi connectivity index (χ4v) is 2.03. The lowest BCUT2D eigenvalue weighted by atomic mass is 9.91. The van der Waals surface area contributed by atoms with Crippen LogP contribution in [-0.2, 0) is 5.60 Å². The van der Waals surface area contributed by atoms with Crippen molar-refractivity contribution < 1.29 is 5.11 Å². The van der Waals surface area contributed by atoms with Gasteiger partial charge >= 0.3 is 0 Å². The van der Waals surface area contributed by atoms with Gasteiger partial charge in [0, 0.05) is 3.57 Å². The monoisotopic (exact) mass is 288 g/mol. The molecule has 1 aromatic rings. The van der Waals surface area contributed by atoms with E-state index in [1.54, 1.807) is 0 Å². The van der Waals surface area contributed by atoms with Crippen molar-refractivity contribution in [1.82, 2.24) is 0 Å². The topological polar surface area (TPSA) is 20.2 Å². The molecule has 0 aromatic heterocycles. The molecule has 1 aromatic carbocycles. The smallest absolute Gasteiger partial charge is 0.0896 e. The Kier molecular flexibility index (Phi) is 2.36. The molecule has 1 aliphatic carbocycles. The van der Waals surface area contributed by atoms with Gasteiger partial charge in [-0.1, -0.05) is 12.1 Å². The summed E-state index contributed by atoms with van der Waals surface area (Å²) in [7, 11) is 0. The summed E-state index contributed by atoms with van der Waals surface area (Å²) < 4.78 is 1.22. The van der Waals surface area contributed by atoms with Crippen molar-refractivity contribution in [3.63, 3.8) is 0 Å². The van der Waals surface area contributed by atoms with E-state index in [4.69, 9.17) is 0 Å². The number of halogens is 1. The second-order valence-electron chi connectivity index (χ2n) is 3.93. The van der Waals surface area contributed by atoms with Gasteiger partial charge in [-0.2, -0.15) is 0 Å². The summed E-state index contributed by atoms with van der Waals surface area (Å²) in [5.41, 5.74) is 0.445. The molecule has 2 rings (SSSR count). The predicted octanol–water partition coefficient (Wildman–Crippen LogP) is 2.91. The minimum atomic E-state index is -0.607. The van der Waals surface area contributed by atoms with Gasteiger partial charge in [0.15, 0.2) is 0 Å². The first-order chi connectivity index (χ1) is 6.10. The zero-order valence-corrected chi connectivity index (χ0v) is 9.78. The van der Waals surface area contributed by atoms with Gasteiger partial charge in [-0.15, -0.1) is 0 Å². The zero-order chi connectivity index (χ0) is 9.47. The maximum absolute atomic E-state index is 10.2. The van der Waals surface area contributed by atoms with Gasteiger partial charge in [0.2, 0.25) is 0 Å². The van der Waals surface area contributed by atoms with Gasteiger partial charge in [0.1, 0.15) is 0 Å². The fourth-order valence-electron chi connectivity index (χ4n) is 1.67. The zero-order valence-electron chi connectivity index (χ0n) is 7.63. The molecule has 1 saturated carbocycles. The van der Waals surface area contributed by atoms with Crippen LogP contribution in [0, 0.1) is 9.49 Å². The summed E-state index contributed by atoms with van der Waals surface area (Å²) >= 11 is 2.28. The highest BCUT2D eigenvalue weighted by atomic mass is 127. The minimum absolute atomic E-state index is 0.479. The van der Waals surface area contributed by atoms with Gasteiger partial charge in [0.05, 0.1) is 5.60 Å². The van der Waals surface area contributed by atoms with Gasteiger partial charge in [-0.05, 0) is 66.0 Å². The first-order valence-corrected chi connectivity index (χ1v) is 5.67. The molecule has 0 spiro atoms. The number of hydrogen-bond acceptors (Lipinski definition) is 1. The molecule has 1 fully saturated rings. The third-order valence-corrected chi connectivity index (χ3v) is 3.52. The molecule has 1 aliphatic rings. The average molecular weight is 288 g/mol. The van der Waals surface area contributed by atoms with E-state index in [0.29, 0.717) is 5.92 Å². The molecule has 2 heteroatoms. The van der Waals surface area contributed by atoms with E-state index < -0.39 is 5.60 Å². The van der Waals surface area contributed by atoms with Crippen LogP contribution in [0.5, 0.6) is 0 Å². The lowest BCUT2D eigenvalue weighted by molar-refractivity contribution is 0.0331. The molecular formula is C11H13IO. The standard InChI is InChI=1S/C11H13IO/c1-11(13,8-2-3-8)9-4-6-10(12)7-5-9/h4-8,13H,2-3H2,1H3. The van der Waals surface area contributed by atoms with Crippen LogP contribution < -0.4 is 0 Å². The van der Waals surface area contributed by atoms with Crippen molar-refractivity contribution in [2.45, 2.75) is 25.4 Å². The van der Waals surface area contributed by atoms with Crippen LogP contribution in [-0.4, -0.2) is 5.11 Å². The Labute approximate surface area is 92.3 Å². The molecule has 70 valence electrons. The summed E-state index contributed by atoms with van der Waals surface area (Å²) in [5, 5.41) is 10.2. The van der Waals surface area contributed by atoms with Crippen LogP contribution in [0.3, 0.4) is 0 Å². The third kappa shape index (κ3) is 1.89. The maximum Gasteiger partial charge on any atom is 0.0896 e. The number of rotatable bonds is 2. The Morgan fingerprint density at radius 2 is 1.85 bits per heavy atom. The van der Waals surface area contributed by atoms with Crippen molar-refractivity contribution in [2.75, 3.05) is 0 Å². The van der Waals surface area contributed by atoms with Gasteiger partial charge in [-0.3, -0.25) is 0 Å². The fraction of sp³-hybridized carbons (Fsp3) is 0.455. The average Bonchev–Trinajstić information content (AvgIpc) is 2.87. The molecule has 0 saturated heterocycles. The molecule has 0 aliphatic heterocycles. The predicted molar refractivity (Wildman–Crippen MR) is 61.5 cm³/mol. The summed E-state index contributed by atoms with van der Waals surface area (Å²) in [6.45, 7) is 1.92. The van der Waals surface area contributed by atoms with Gasteiger partial charge < -0.3 is 5.11 Å². The Hall–Kier alpha value is -0.0900. The summed E-state index contributed by atoms with van der Waals surface area (Å²) in [6.07, 6.45) is 2.33. The van der Waals surface area contributed by atoms with Crippen molar-refractivity contribution >= 4 is 22.6 Å². The van der Waals surface area contributed by atoms with E-state index in [1.165, 1.54) is 16.4 Å². The molecule has 0 amide bonds. The van der Waals surface area contributed by atoms with Crippen LogP contribution in [0.15, 0.2) is 24.3 Å². The highest BCUT2D eigenvalue weighted by molar-refractivity contribution is 14.1. The minimum Gasteiger partial charge on any atom is -0.385 e. The number of hydrogen-bond donors (Lipinski definition) is 1. The Morgan fingerprint density at radius 1 is 1.31 bits per heavy atom. The van der Waals surface area contributed by atoms with Gasteiger partial charge in [0.25, 0.3) is 0 Å². The van der Waals surface area contributed by atoms with Gasteiger partial charge in [-0.25, -0.2) is 0 Å². The van der Waals surface area contributed by atoms with Crippen LogP contribution in [0.1, 0.15) is 25.3 Å². The normalized spacial score (nSPS) is 21.2. The first-order valence-electron chi connectivity index (χ1n) is 4.59. The van der Waals surface area contributed by atoms with E-state index in [2.05, 4.69) is 22.6 Å².